The van der Waals surface area contributed by atoms with Crippen molar-refractivity contribution in [2.24, 2.45) is 0 Å². The van der Waals surface area contributed by atoms with Gasteiger partial charge >= 0.3 is 130 Å². The summed E-state index contributed by atoms with van der Waals surface area (Å²) in [7, 11) is 1.59. The fraction of sp³-hybridized carbons (Fsp3) is 0.0667. The third kappa shape index (κ3) is 4.65. The van der Waals surface area contributed by atoms with E-state index < -0.39 is 25.3 Å². The molecule has 0 saturated heterocycles. The molecule has 0 N–H and O–H groups in total. The van der Waals surface area contributed by atoms with E-state index in [1.54, 1.807) is 43.5 Å². The van der Waals surface area contributed by atoms with Crippen molar-refractivity contribution in [2.45, 2.75) is 0 Å². The molecule has 108 valence electrons. The van der Waals surface area contributed by atoms with Crippen molar-refractivity contribution in [1.82, 2.24) is 0 Å². The van der Waals surface area contributed by atoms with E-state index >= 15 is 0 Å². The van der Waals surface area contributed by atoms with Crippen LogP contribution in [0.3, 0.4) is 0 Å². The summed E-state index contributed by atoms with van der Waals surface area (Å²) < 4.78 is 13.6. The summed E-state index contributed by atoms with van der Waals surface area (Å²) in [4.78, 5) is 10.6. The summed E-state index contributed by atoms with van der Waals surface area (Å²) in [6.45, 7) is 0. The zero-order valence-corrected chi connectivity index (χ0v) is 13.3. The summed E-state index contributed by atoms with van der Waals surface area (Å²) in [6.07, 6.45) is 0. The van der Waals surface area contributed by atoms with Gasteiger partial charge in [0.1, 0.15) is 0 Å². The van der Waals surface area contributed by atoms with Gasteiger partial charge in [-0.25, -0.2) is 0 Å². The second-order valence-corrected chi connectivity index (χ2v) is 7.38. The Labute approximate surface area is 129 Å². The van der Waals surface area contributed by atoms with E-state index in [0.717, 1.165) is 14.9 Å². The van der Waals surface area contributed by atoms with E-state index in [-0.39, 0.29) is 0 Å². The topological polar surface area (TPSA) is 61.6 Å². The Hall–Kier alpha value is -2.27. The molecule has 0 atom stereocenters. The van der Waals surface area contributed by atoms with Crippen LogP contribution in [0.4, 0.5) is 0 Å². The van der Waals surface area contributed by atoms with Gasteiger partial charge in [0.25, 0.3) is 0 Å². The minimum absolute atomic E-state index is 0.737. The fourth-order valence-electron chi connectivity index (χ4n) is 1.47. The van der Waals surface area contributed by atoms with E-state index in [2.05, 4.69) is 9.85 Å². The van der Waals surface area contributed by atoms with Crippen LogP contribution in [-0.4, -0.2) is 12.2 Å². The van der Waals surface area contributed by atoms with Gasteiger partial charge in [-0.2, -0.15) is 0 Å². The van der Waals surface area contributed by atoms with Gasteiger partial charge in [0.2, 0.25) is 0 Å². The van der Waals surface area contributed by atoms with Gasteiger partial charge in [-0.05, 0) is 0 Å². The maximum absolute atomic E-state index is 10.6. The molecule has 0 heterocycles. The average molecular weight is 397 g/mol. The number of benzene rings is 2. The Bertz CT molecular complexity index is 662. The van der Waals surface area contributed by atoms with Crippen molar-refractivity contribution < 1.29 is 13.0 Å². The summed E-state index contributed by atoms with van der Waals surface area (Å²) >= 11 is -2.62. The molecular weight excluding hydrogens is 385 g/mol. The third-order valence-corrected chi connectivity index (χ3v) is 5.75. The van der Waals surface area contributed by atoms with Crippen molar-refractivity contribution in [2.75, 3.05) is 7.11 Å². The Morgan fingerprint density at radius 3 is 2.33 bits per heavy atom. The molecule has 2 aromatic rings. The molecule has 5 nitrogen and oxygen atoms in total. The molecular formula is C15H12INO4. The standard InChI is InChI=1S/C15H12INO4/c1-20-15-9-7-13(8-10-15)11-12-16(21-17(18)19)14-5-3-2-4-6-14/h2-10H,1H3. The van der Waals surface area contributed by atoms with E-state index in [4.69, 9.17) is 7.90 Å². The Morgan fingerprint density at radius 2 is 1.76 bits per heavy atom. The molecule has 0 spiro atoms. The first-order valence-corrected chi connectivity index (χ1v) is 8.96. The molecule has 0 unspecified atom stereocenters. The molecule has 0 saturated carbocycles. The molecule has 0 fully saturated rings. The van der Waals surface area contributed by atoms with Gasteiger partial charge in [-0.1, -0.05) is 0 Å². The van der Waals surface area contributed by atoms with Gasteiger partial charge < -0.3 is 0 Å². The zero-order valence-electron chi connectivity index (χ0n) is 11.2. The summed E-state index contributed by atoms with van der Waals surface area (Å²) in [5, 5.41) is 9.85. The number of halogens is 1. The average Bonchev–Trinajstić information content (AvgIpc) is 2.52. The molecule has 0 aromatic heterocycles. The van der Waals surface area contributed by atoms with Gasteiger partial charge in [-0.3, -0.25) is 0 Å². The molecule has 0 amide bonds. The van der Waals surface area contributed by atoms with Crippen LogP contribution < -0.4 is 4.74 Å². The molecule has 0 bridgehead atoms. The zero-order chi connectivity index (χ0) is 15.1. The van der Waals surface area contributed by atoms with Crippen LogP contribution in [0, 0.1) is 23.5 Å². The van der Waals surface area contributed by atoms with Crippen molar-refractivity contribution in [3.63, 3.8) is 0 Å². The fourth-order valence-corrected chi connectivity index (χ4v) is 4.05. The van der Waals surface area contributed by atoms with Crippen LogP contribution in [0.15, 0.2) is 54.6 Å². The first-order chi connectivity index (χ1) is 10.2. The van der Waals surface area contributed by atoms with Gasteiger partial charge in [-0.15, -0.1) is 0 Å². The summed E-state index contributed by atoms with van der Waals surface area (Å²) in [5.41, 5.74) is 0.765. The van der Waals surface area contributed by atoms with Crippen LogP contribution in [0.5, 0.6) is 5.75 Å². The third-order valence-electron chi connectivity index (χ3n) is 2.42. The second kappa shape index (κ2) is 7.50. The van der Waals surface area contributed by atoms with Gasteiger partial charge in [0.05, 0.1) is 0 Å². The molecule has 6 heteroatoms. The predicted molar refractivity (Wildman–Crippen MR) is 87.1 cm³/mol. The number of hydrogen-bond donors (Lipinski definition) is 0. The molecule has 21 heavy (non-hydrogen) atoms. The number of methoxy groups -OCH3 is 1. The predicted octanol–water partition coefficient (Wildman–Crippen LogP) is 3.50. The number of hydrogen-bond acceptors (Lipinski definition) is 4. The van der Waals surface area contributed by atoms with E-state index in [1.807, 2.05) is 18.2 Å². The van der Waals surface area contributed by atoms with Crippen molar-refractivity contribution >= 4 is 20.2 Å². The first kappa shape index (κ1) is 15.1. The summed E-state index contributed by atoms with van der Waals surface area (Å²) in [5.74, 6) is 3.67. The van der Waals surface area contributed by atoms with Crippen LogP contribution in [-0.2, 0) is 3.17 Å². The number of nitrogens with zero attached hydrogens (tertiary/aromatic N) is 1. The van der Waals surface area contributed by atoms with Crippen LogP contribution >= 0.6 is 20.2 Å². The van der Waals surface area contributed by atoms with E-state index in [9.17, 15) is 10.1 Å². The van der Waals surface area contributed by atoms with Crippen LogP contribution in [0.2, 0.25) is 0 Å². The molecule has 0 aliphatic heterocycles. The Balaban J connectivity index is 2.22. The molecule has 2 rings (SSSR count). The SMILES string of the molecule is COc1ccc(C#CI(O[N+](=O)[O-])c2ccccc2)cc1. The molecule has 2 aromatic carbocycles. The van der Waals surface area contributed by atoms with Crippen molar-refractivity contribution in [3.8, 4) is 15.6 Å². The van der Waals surface area contributed by atoms with E-state index in [1.165, 1.54) is 0 Å². The van der Waals surface area contributed by atoms with Gasteiger partial charge in [0.15, 0.2) is 0 Å². The molecule has 0 aliphatic carbocycles. The minimum atomic E-state index is -2.62. The second-order valence-electron chi connectivity index (χ2n) is 3.78. The van der Waals surface area contributed by atoms with Crippen LogP contribution in [0.25, 0.3) is 0 Å². The van der Waals surface area contributed by atoms with Crippen molar-refractivity contribution in [1.29, 1.82) is 0 Å². The monoisotopic (exact) mass is 397 g/mol. The first-order valence-electron chi connectivity index (χ1n) is 5.92. The normalized spacial score (nSPS) is 10.0. The van der Waals surface area contributed by atoms with E-state index in [0.29, 0.717) is 0 Å². The van der Waals surface area contributed by atoms with Crippen molar-refractivity contribution in [3.05, 3.63) is 73.8 Å². The van der Waals surface area contributed by atoms with Crippen LogP contribution in [0.1, 0.15) is 5.56 Å². The maximum atomic E-state index is 10.6. The Morgan fingerprint density at radius 1 is 1.10 bits per heavy atom. The Kier molecular flexibility index (Phi) is 5.40. The number of rotatable bonds is 4. The van der Waals surface area contributed by atoms with Gasteiger partial charge in [0, 0.05) is 0 Å². The quantitative estimate of drug-likeness (QED) is 0.343. The number of ether oxygens (including phenoxy) is 1. The molecule has 0 aliphatic rings. The summed E-state index contributed by atoms with van der Waals surface area (Å²) in [6, 6.07) is 16.3. The molecule has 0 radical (unpaired) electrons.